The van der Waals surface area contributed by atoms with Crippen molar-refractivity contribution in [3.05, 3.63) is 63.9 Å². The molecule has 0 aliphatic rings. The zero-order valence-electron chi connectivity index (χ0n) is 22.6. The van der Waals surface area contributed by atoms with Crippen LogP contribution in [0, 0.1) is 12.3 Å². The number of carbonyl (C=O) groups is 3. The van der Waals surface area contributed by atoms with Crippen molar-refractivity contribution >= 4 is 46.2 Å². The maximum absolute atomic E-state index is 13.5. The smallest absolute Gasteiger partial charge is 0.329 e. The van der Waals surface area contributed by atoms with Crippen molar-refractivity contribution < 1.29 is 24.6 Å². The Kier molecular flexibility index (Phi) is 9.96. The topological polar surface area (TPSA) is 144 Å². The molecule has 1 aromatic heterocycles. The van der Waals surface area contributed by atoms with Crippen molar-refractivity contribution in [2.75, 3.05) is 24.2 Å². The average molecular weight is 565 g/mol. The van der Waals surface area contributed by atoms with Crippen molar-refractivity contribution in [3.8, 4) is 12.3 Å². The summed E-state index contributed by atoms with van der Waals surface area (Å²) >= 11 is 1.35. The Hall–Kier alpha value is -4.30. The van der Waals surface area contributed by atoms with Gasteiger partial charge in [0.15, 0.2) is 5.16 Å². The molecular formula is C29H32N4O6S. The summed E-state index contributed by atoms with van der Waals surface area (Å²) in [7, 11) is 0. The van der Waals surface area contributed by atoms with Gasteiger partial charge in [-0.25, -0.2) is 9.78 Å². The van der Waals surface area contributed by atoms with Gasteiger partial charge in [-0.15, -0.1) is 6.42 Å². The molecule has 0 saturated carbocycles. The van der Waals surface area contributed by atoms with Crippen molar-refractivity contribution in [3.63, 3.8) is 0 Å². The van der Waals surface area contributed by atoms with Crippen molar-refractivity contribution in [2.24, 2.45) is 0 Å². The summed E-state index contributed by atoms with van der Waals surface area (Å²) in [5, 5.41) is 20.2. The summed E-state index contributed by atoms with van der Waals surface area (Å²) in [5.41, 5.74) is 0.573. The van der Waals surface area contributed by atoms with Crippen molar-refractivity contribution in [1.82, 2.24) is 14.9 Å². The molecule has 0 aliphatic heterocycles. The molecule has 0 unspecified atom stereocenters. The Morgan fingerprint density at radius 2 is 1.82 bits per heavy atom. The Labute approximate surface area is 236 Å². The highest BCUT2D eigenvalue weighted by Crippen LogP contribution is 2.29. The minimum absolute atomic E-state index is 0.0614. The van der Waals surface area contributed by atoms with Crippen LogP contribution >= 0.6 is 11.8 Å². The van der Waals surface area contributed by atoms with Crippen molar-refractivity contribution in [1.29, 1.82) is 0 Å². The van der Waals surface area contributed by atoms with E-state index in [1.807, 2.05) is 17.2 Å². The Morgan fingerprint density at radius 1 is 1.12 bits per heavy atom. The number of H-pyrrole nitrogens is 1. The molecule has 40 heavy (non-hydrogen) atoms. The van der Waals surface area contributed by atoms with E-state index in [0.717, 1.165) is 11.3 Å². The van der Waals surface area contributed by atoms with Gasteiger partial charge in [0, 0.05) is 30.8 Å². The lowest BCUT2D eigenvalue weighted by atomic mass is 9.87. The second-order valence-corrected chi connectivity index (χ2v) is 9.96. The monoisotopic (exact) mass is 564 g/mol. The van der Waals surface area contributed by atoms with Gasteiger partial charge < -0.3 is 25.0 Å². The van der Waals surface area contributed by atoms with Gasteiger partial charge in [0.05, 0.1) is 17.4 Å². The lowest BCUT2D eigenvalue weighted by molar-refractivity contribution is -0.151. The van der Waals surface area contributed by atoms with Gasteiger partial charge in [-0.2, -0.15) is 0 Å². The largest absolute Gasteiger partial charge is 0.481 e. The maximum Gasteiger partial charge on any atom is 0.329 e. The molecule has 0 spiro atoms. The Balaban J connectivity index is 1.88. The number of rotatable bonds is 13. The zero-order chi connectivity index (χ0) is 29.4. The van der Waals surface area contributed by atoms with Crippen LogP contribution in [-0.2, 0) is 16.1 Å². The minimum atomic E-state index is -1.64. The quantitative estimate of drug-likeness (QED) is 0.160. The van der Waals surface area contributed by atoms with E-state index in [1.54, 1.807) is 50.2 Å². The molecule has 3 aromatic rings. The van der Waals surface area contributed by atoms with Crippen LogP contribution in [0.25, 0.3) is 10.9 Å². The van der Waals surface area contributed by atoms with Crippen LogP contribution in [0.1, 0.15) is 49.0 Å². The molecular weight excluding hydrogens is 532 g/mol. The Bertz CT molecular complexity index is 1500. The highest BCUT2D eigenvalue weighted by atomic mass is 32.2. The van der Waals surface area contributed by atoms with E-state index in [9.17, 15) is 24.3 Å². The molecule has 0 bridgehead atoms. The fraction of sp³-hybridized carbons (Fsp3) is 0.345. The molecule has 1 heterocycles. The number of anilines is 1. The number of likely N-dealkylation sites (N-methyl/N-ethyl adjacent to an activating group) is 1. The van der Waals surface area contributed by atoms with Crippen LogP contribution in [0.15, 0.2) is 52.4 Å². The fourth-order valence-corrected chi connectivity index (χ4v) is 5.11. The molecule has 11 heteroatoms. The molecule has 210 valence electrons. The SMILES string of the molecule is C#CCN(Cc1ccc2nc(SC)[nH]c(=O)c2c1)c1ccc(C(=O)N(CC)[C@@](CC)(CCC(=O)O)C(=O)O)cc1. The number of nitrogens with zero attached hydrogens (tertiary/aromatic N) is 3. The number of aromatic amines is 1. The second-order valence-electron chi connectivity index (χ2n) is 9.17. The van der Waals surface area contributed by atoms with Gasteiger partial charge in [-0.1, -0.05) is 30.7 Å². The summed E-state index contributed by atoms with van der Waals surface area (Å²) in [5.74, 6) is -0.235. The predicted octanol–water partition coefficient (Wildman–Crippen LogP) is 3.85. The number of benzene rings is 2. The van der Waals surface area contributed by atoms with Crippen LogP contribution in [0.3, 0.4) is 0 Å². The third kappa shape index (κ3) is 6.46. The van der Waals surface area contributed by atoms with Crippen LogP contribution in [-0.4, -0.2) is 67.8 Å². The number of aliphatic carboxylic acids is 2. The number of thioether (sulfide) groups is 1. The number of carboxylic acid groups (broad SMARTS) is 2. The molecule has 0 radical (unpaired) electrons. The number of aromatic nitrogens is 2. The average Bonchev–Trinajstić information content (AvgIpc) is 2.94. The van der Waals surface area contributed by atoms with Crippen LogP contribution < -0.4 is 10.5 Å². The number of hydrogen-bond acceptors (Lipinski definition) is 7. The maximum atomic E-state index is 13.5. The van der Waals surface area contributed by atoms with Gasteiger partial charge in [0.25, 0.3) is 11.5 Å². The summed E-state index contributed by atoms with van der Waals surface area (Å²) in [4.78, 5) is 59.8. The molecule has 0 fully saturated rings. The molecule has 0 saturated heterocycles. The molecule has 1 atom stereocenters. The van der Waals surface area contributed by atoms with Crippen LogP contribution in [0.5, 0.6) is 0 Å². The number of fused-ring (bicyclic) bond motifs is 1. The fourth-order valence-electron chi connectivity index (χ4n) is 4.73. The zero-order valence-corrected chi connectivity index (χ0v) is 23.5. The normalized spacial score (nSPS) is 12.3. The first-order chi connectivity index (χ1) is 19.1. The number of carboxylic acids is 2. The van der Waals surface area contributed by atoms with Crippen LogP contribution in [0.2, 0.25) is 0 Å². The van der Waals surface area contributed by atoms with Crippen LogP contribution in [0.4, 0.5) is 5.69 Å². The molecule has 3 N–H and O–H groups in total. The number of carbonyl (C=O) groups excluding carboxylic acids is 1. The molecule has 0 aliphatic carbocycles. The summed E-state index contributed by atoms with van der Waals surface area (Å²) in [6, 6.07) is 12.1. The number of terminal acetylenes is 1. The van der Waals surface area contributed by atoms with E-state index in [1.165, 1.54) is 16.7 Å². The van der Waals surface area contributed by atoms with Gasteiger partial charge >= 0.3 is 11.9 Å². The predicted molar refractivity (Wildman–Crippen MR) is 155 cm³/mol. The number of nitrogens with one attached hydrogen (secondary N) is 1. The lowest BCUT2D eigenvalue weighted by Crippen LogP contribution is -2.57. The van der Waals surface area contributed by atoms with Gasteiger partial charge in [-0.05, 0) is 68.0 Å². The van der Waals surface area contributed by atoms with Gasteiger partial charge in [-0.3, -0.25) is 14.4 Å². The molecule has 3 rings (SSSR count). The third-order valence-electron chi connectivity index (χ3n) is 6.89. The lowest BCUT2D eigenvalue weighted by Gasteiger charge is -2.39. The molecule has 2 aromatic carbocycles. The first-order valence-corrected chi connectivity index (χ1v) is 13.9. The number of amides is 1. The van der Waals surface area contributed by atoms with Gasteiger partial charge in [0.2, 0.25) is 0 Å². The molecule has 10 nitrogen and oxygen atoms in total. The summed E-state index contributed by atoms with van der Waals surface area (Å²) in [6.45, 7) is 4.05. The summed E-state index contributed by atoms with van der Waals surface area (Å²) < 4.78 is 0. The van der Waals surface area contributed by atoms with E-state index in [-0.39, 0.29) is 43.5 Å². The van der Waals surface area contributed by atoms with E-state index >= 15 is 0 Å². The Morgan fingerprint density at radius 3 is 2.38 bits per heavy atom. The minimum Gasteiger partial charge on any atom is -0.481 e. The number of hydrogen-bond donors (Lipinski definition) is 3. The molecule has 1 amide bonds. The highest BCUT2D eigenvalue weighted by molar-refractivity contribution is 7.98. The van der Waals surface area contributed by atoms with E-state index in [0.29, 0.717) is 22.6 Å². The first kappa shape index (κ1) is 30.2. The van der Waals surface area contributed by atoms with E-state index < -0.39 is 23.4 Å². The standard InChI is InChI=1S/C29H32N4O6S/c1-5-16-32(18-19-8-13-23-22(17-19)25(36)31-28(30-23)40-4)21-11-9-20(10-12-21)26(37)33(7-3)29(6-2,27(38)39)15-14-24(34)35/h1,8-13,17H,6-7,14-16,18H2,2-4H3,(H,34,35)(H,38,39)(H,30,31,36)/t29-/m0/s1. The van der Waals surface area contributed by atoms with E-state index in [4.69, 9.17) is 11.5 Å². The van der Waals surface area contributed by atoms with Gasteiger partial charge in [0.1, 0.15) is 5.54 Å². The highest BCUT2D eigenvalue weighted by Gasteiger charge is 2.44. The second kappa shape index (κ2) is 13.2. The van der Waals surface area contributed by atoms with Crippen molar-refractivity contribution in [2.45, 2.75) is 50.4 Å². The summed E-state index contributed by atoms with van der Waals surface area (Å²) in [6.07, 6.45) is 6.94. The third-order valence-corrected chi connectivity index (χ3v) is 7.47. The first-order valence-electron chi connectivity index (χ1n) is 12.7. The van der Waals surface area contributed by atoms with E-state index in [2.05, 4.69) is 15.9 Å².